The van der Waals surface area contributed by atoms with Crippen LogP contribution in [0.1, 0.15) is 103 Å². The summed E-state index contributed by atoms with van der Waals surface area (Å²) in [7, 11) is 0. The number of hydrogen-bond donors (Lipinski definition) is 0. The van der Waals surface area contributed by atoms with Gasteiger partial charge in [0.25, 0.3) is 0 Å². The maximum Gasteiger partial charge on any atom is 0.137 e. The van der Waals surface area contributed by atoms with Gasteiger partial charge in [-0.2, -0.15) is 0 Å². The quantitative estimate of drug-likeness (QED) is 0.145. The Hall–Kier alpha value is -7.11. The fourth-order valence-corrected chi connectivity index (χ4v) is 10.1. The highest BCUT2D eigenvalue weighted by Gasteiger charge is 2.39. The minimum atomic E-state index is -0.298. The Morgan fingerprint density at radius 1 is 0.433 bits per heavy atom. The molecule has 67 heavy (non-hydrogen) atoms. The average Bonchev–Trinajstić information content (AvgIpc) is 3.87. The molecule has 0 fully saturated rings. The van der Waals surface area contributed by atoms with Crippen molar-refractivity contribution in [1.29, 1.82) is 0 Å². The van der Waals surface area contributed by atoms with Crippen LogP contribution < -0.4 is 14.5 Å². The number of hydrogen-bond acceptors (Lipinski definition) is 4. The van der Waals surface area contributed by atoms with E-state index < -0.39 is 0 Å². The van der Waals surface area contributed by atoms with Gasteiger partial charge in [-0.05, 0) is 98.8 Å². The SMILES string of the molecule is CC(C)(C)c1cc(Oc2ccc3c4ccccc4n(-c4cc(C(C)(C)C)ccn4)c3c2)cc(N2CN(c3c(C(C)(C)c4ccccc4)cccc3C(C)(C)c3ccccc3)c3ccccc32)c1. The van der Waals surface area contributed by atoms with Crippen LogP contribution in [0, 0.1) is 0 Å². The lowest BCUT2D eigenvalue weighted by atomic mass is 9.71. The lowest BCUT2D eigenvalue weighted by Gasteiger charge is -2.38. The third-order valence-corrected chi connectivity index (χ3v) is 14.2. The second-order valence-electron chi connectivity index (χ2n) is 21.4. The van der Waals surface area contributed by atoms with Crippen LogP contribution in [0.15, 0.2) is 182 Å². The van der Waals surface area contributed by atoms with Gasteiger partial charge in [-0.25, -0.2) is 4.98 Å². The van der Waals surface area contributed by atoms with E-state index in [-0.39, 0.29) is 21.7 Å². The molecule has 3 heterocycles. The van der Waals surface area contributed by atoms with Crippen LogP contribution in [0.2, 0.25) is 0 Å². The largest absolute Gasteiger partial charge is 0.457 e. The van der Waals surface area contributed by atoms with Gasteiger partial charge in [0, 0.05) is 45.6 Å². The fraction of sp³-hybridized carbons (Fsp3) is 0.242. The molecule has 10 rings (SSSR count). The molecule has 0 spiro atoms. The van der Waals surface area contributed by atoms with Crippen molar-refractivity contribution in [2.75, 3.05) is 16.5 Å². The van der Waals surface area contributed by atoms with Gasteiger partial charge in [-0.15, -0.1) is 0 Å². The highest BCUT2D eigenvalue weighted by molar-refractivity contribution is 6.09. The van der Waals surface area contributed by atoms with E-state index in [1.165, 1.54) is 50.1 Å². The molecular weight excluding hydrogens is 817 g/mol. The Bertz CT molecular complexity index is 3210. The summed E-state index contributed by atoms with van der Waals surface area (Å²) in [5.41, 5.74) is 13.7. The van der Waals surface area contributed by atoms with Gasteiger partial charge in [-0.1, -0.05) is 178 Å². The topological polar surface area (TPSA) is 33.5 Å². The summed E-state index contributed by atoms with van der Waals surface area (Å²) >= 11 is 0. The van der Waals surface area contributed by atoms with Crippen LogP contribution in [0.25, 0.3) is 27.6 Å². The van der Waals surface area contributed by atoms with Crippen LogP contribution >= 0.6 is 0 Å². The maximum atomic E-state index is 7.04. The number of pyridine rings is 1. The average molecular weight is 879 g/mol. The van der Waals surface area contributed by atoms with Gasteiger partial charge in [0.1, 0.15) is 24.0 Å². The van der Waals surface area contributed by atoms with Crippen molar-refractivity contribution in [2.24, 2.45) is 0 Å². The molecule has 0 bridgehead atoms. The molecular formula is C62H62N4O. The minimum Gasteiger partial charge on any atom is -0.457 e. The fourth-order valence-electron chi connectivity index (χ4n) is 10.1. The zero-order valence-corrected chi connectivity index (χ0v) is 40.7. The molecule has 336 valence electrons. The molecule has 7 aromatic carbocycles. The van der Waals surface area contributed by atoms with Crippen molar-refractivity contribution in [3.05, 3.63) is 216 Å². The Balaban J connectivity index is 1.10. The Morgan fingerprint density at radius 3 is 1.63 bits per heavy atom. The number of fused-ring (bicyclic) bond motifs is 4. The molecule has 5 nitrogen and oxygen atoms in total. The molecule has 0 radical (unpaired) electrons. The number of nitrogens with zero attached hydrogens (tertiary/aromatic N) is 4. The third kappa shape index (κ3) is 7.84. The van der Waals surface area contributed by atoms with Crippen LogP contribution in [0.4, 0.5) is 22.7 Å². The summed E-state index contributed by atoms with van der Waals surface area (Å²) in [6.45, 7) is 23.7. The van der Waals surface area contributed by atoms with Gasteiger partial charge in [0.05, 0.1) is 28.1 Å². The van der Waals surface area contributed by atoms with Crippen molar-refractivity contribution in [3.63, 3.8) is 0 Å². The van der Waals surface area contributed by atoms with Gasteiger partial charge < -0.3 is 14.5 Å². The molecule has 0 amide bonds. The normalized spacial score (nSPS) is 13.4. The summed E-state index contributed by atoms with van der Waals surface area (Å²) in [6, 6.07) is 64.0. The van der Waals surface area contributed by atoms with Gasteiger partial charge in [-0.3, -0.25) is 4.57 Å². The first-order valence-corrected chi connectivity index (χ1v) is 23.7. The van der Waals surface area contributed by atoms with E-state index in [2.05, 4.69) is 260 Å². The molecule has 1 aliphatic heterocycles. The molecule has 1 aliphatic rings. The molecule has 5 heteroatoms. The lowest BCUT2D eigenvalue weighted by molar-refractivity contribution is 0.479. The van der Waals surface area contributed by atoms with Crippen molar-refractivity contribution in [2.45, 2.75) is 90.9 Å². The van der Waals surface area contributed by atoms with Crippen molar-refractivity contribution in [3.8, 4) is 17.3 Å². The molecule has 0 saturated carbocycles. The summed E-state index contributed by atoms with van der Waals surface area (Å²) in [5, 5.41) is 2.35. The second kappa shape index (κ2) is 16.3. The standard InChI is InChI=1S/C62H62N4O/c1-59(2,3)44-34-35-63-57(38-44)66-53-29-18-17-26-49(53)50-33-32-47(40-56(50)66)67-48-37-45(60(4,5)6)36-46(39-48)64-41-65(55-31-20-19-30-54(55)64)58-51(61(7,8)42-22-13-11-14-23-42)27-21-28-52(58)62(9,10)43-24-15-12-16-25-43/h11-40H,41H2,1-10H3. The van der Waals surface area contributed by atoms with E-state index in [9.17, 15) is 0 Å². The molecule has 0 N–H and O–H groups in total. The molecule has 2 aromatic heterocycles. The maximum absolute atomic E-state index is 7.04. The van der Waals surface area contributed by atoms with Crippen molar-refractivity contribution in [1.82, 2.24) is 9.55 Å². The van der Waals surface area contributed by atoms with Gasteiger partial charge >= 0.3 is 0 Å². The smallest absolute Gasteiger partial charge is 0.137 e. The molecule has 0 aliphatic carbocycles. The number of ether oxygens (including phenoxy) is 1. The number of benzene rings is 7. The van der Waals surface area contributed by atoms with Gasteiger partial charge in [0.2, 0.25) is 0 Å². The van der Waals surface area contributed by atoms with Crippen molar-refractivity contribution < 1.29 is 4.74 Å². The molecule has 0 atom stereocenters. The van der Waals surface area contributed by atoms with Crippen LogP contribution in [0.3, 0.4) is 0 Å². The van der Waals surface area contributed by atoms with Crippen LogP contribution in [0.5, 0.6) is 11.5 Å². The molecule has 0 saturated heterocycles. The third-order valence-electron chi connectivity index (χ3n) is 14.2. The van der Waals surface area contributed by atoms with Gasteiger partial charge in [0.15, 0.2) is 0 Å². The summed E-state index contributed by atoms with van der Waals surface area (Å²) in [6.07, 6.45) is 1.93. The minimum absolute atomic E-state index is 0.0173. The van der Waals surface area contributed by atoms with E-state index in [1.54, 1.807) is 0 Å². The highest BCUT2D eigenvalue weighted by atomic mass is 16.5. The van der Waals surface area contributed by atoms with E-state index in [1.807, 2.05) is 6.20 Å². The van der Waals surface area contributed by atoms with E-state index in [0.717, 1.165) is 45.1 Å². The predicted molar refractivity (Wildman–Crippen MR) is 282 cm³/mol. The lowest BCUT2D eigenvalue weighted by Crippen LogP contribution is -2.32. The summed E-state index contributed by atoms with van der Waals surface area (Å²) < 4.78 is 9.32. The first-order chi connectivity index (χ1) is 32.0. The Kier molecular flexibility index (Phi) is 10.7. The number of para-hydroxylation sites is 4. The number of aromatic nitrogens is 2. The second-order valence-corrected chi connectivity index (χ2v) is 21.4. The summed E-state index contributed by atoms with van der Waals surface area (Å²) in [4.78, 5) is 9.97. The zero-order valence-electron chi connectivity index (χ0n) is 40.7. The Morgan fingerprint density at radius 2 is 1.00 bits per heavy atom. The predicted octanol–water partition coefficient (Wildman–Crippen LogP) is 16.5. The monoisotopic (exact) mass is 878 g/mol. The number of anilines is 4. The Labute approximate surface area is 397 Å². The number of rotatable bonds is 9. The van der Waals surface area contributed by atoms with E-state index in [0.29, 0.717) is 6.67 Å². The van der Waals surface area contributed by atoms with Crippen LogP contribution in [-0.2, 0) is 21.7 Å². The molecule has 0 unspecified atom stereocenters. The highest BCUT2D eigenvalue weighted by Crippen LogP contribution is 2.52. The molecule has 9 aromatic rings. The van der Waals surface area contributed by atoms with Crippen molar-refractivity contribution >= 4 is 44.6 Å². The van der Waals surface area contributed by atoms with E-state index in [4.69, 9.17) is 9.72 Å². The zero-order chi connectivity index (χ0) is 46.9. The summed E-state index contributed by atoms with van der Waals surface area (Å²) in [5.74, 6) is 2.47. The first kappa shape index (κ1) is 43.8. The van der Waals surface area contributed by atoms with E-state index >= 15 is 0 Å². The van der Waals surface area contributed by atoms with Crippen LogP contribution in [-0.4, -0.2) is 16.2 Å². The first-order valence-electron chi connectivity index (χ1n) is 23.7.